The number of β-amino-alcohol motifs (C(OH)–C–C–N with tert-alkyl or cyclic N) is 1. The van der Waals surface area contributed by atoms with Gasteiger partial charge in [-0.1, -0.05) is 17.7 Å². The Morgan fingerprint density at radius 2 is 1.75 bits per heavy atom. The predicted octanol–water partition coefficient (Wildman–Crippen LogP) is 2.91. The molecule has 0 unspecified atom stereocenters. The number of sulfonamides is 1. The molecule has 32 heavy (non-hydrogen) atoms. The molecule has 174 valence electrons. The average molecular weight is 463 g/mol. The maximum Gasteiger partial charge on any atom is 0.293 e. The van der Waals surface area contributed by atoms with E-state index in [0.29, 0.717) is 44.1 Å². The van der Waals surface area contributed by atoms with Gasteiger partial charge in [0.1, 0.15) is 5.69 Å². The maximum absolute atomic E-state index is 12.9. The third-order valence-electron chi connectivity index (χ3n) is 5.40. The van der Waals surface area contributed by atoms with Crippen LogP contribution in [-0.4, -0.2) is 61.7 Å². The van der Waals surface area contributed by atoms with E-state index >= 15 is 0 Å². The SMILES string of the molecule is Cc1ccc(NS(=O)(=O)c2ccc(N3CCN(CC(C)(C)O)CC3)c([N+](=O)[O-])c2)c(C)c1. The molecule has 0 spiro atoms. The van der Waals surface area contributed by atoms with Crippen LogP contribution >= 0.6 is 0 Å². The summed E-state index contributed by atoms with van der Waals surface area (Å²) in [6, 6.07) is 9.36. The fourth-order valence-corrected chi connectivity index (χ4v) is 5.06. The molecule has 0 aliphatic carbocycles. The molecule has 0 amide bonds. The van der Waals surface area contributed by atoms with Crippen molar-refractivity contribution in [2.45, 2.75) is 38.2 Å². The van der Waals surface area contributed by atoms with E-state index in [1.54, 1.807) is 32.9 Å². The monoisotopic (exact) mass is 462 g/mol. The maximum atomic E-state index is 12.9. The van der Waals surface area contributed by atoms with E-state index in [4.69, 9.17) is 0 Å². The summed E-state index contributed by atoms with van der Waals surface area (Å²) in [6.07, 6.45) is 0. The van der Waals surface area contributed by atoms with Gasteiger partial charge in [0.05, 0.1) is 21.1 Å². The van der Waals surface area contributed by atoms with Gasteiger partial charge < -0.3 is 10.0 Å². The second-order valence-electron chi connectivity index (χ2n) is 8.91. The van der Waals surface area contributed by atoms with Gasteiger partial charge in [-0.3, -0.25) is 19.7 Å². The number of nitrogens with zero attached hydrogens (tertiary/aromatic N) is 3. The van der Waals surface area contributed by atoms with Crippen LogP contribution in [-0.2, 0) is 10.0 Å². The highest BCUT2D eigenvalue weighted by atomic mass is 32.2. The lowest BCUT2D eigenvalue weighted by atomic mass is 10.1. The third kappa shape index (κ3) is 5.76. The molecule has 0 saturated carbocycles. The zero-order chi connectivity index (χ0) is 23.7. The van der Waals surface area contributed by atoms with E-state index in [9.17, 15) is 23.6 Å². The van der Waals surface area contributed by atoms with Crippen LogP contribution < -0.4 is 9.62 Å². The summed E-state index contributed by atoms with van der Waals surface area (Å²) >= 11 is 0. The van der Waals surface area contributed by atoms with Crippen molar-refractivity contribution in [3.63, 3.8) is 0 Å². The molecule has 2 aromatic carbocycles. The minimum Gasteiger partial charge on any atom is -0.389 e. The van der Waals surface area contributed by atoms with E-state index in [-0.39, 0.29) is 10.6 Å². The molecule has 0 bridgehead atoms. The van der Waals surface area contributed by atoms with Crippen LogP contribution in [0, 0.1) is 24.0 Å². The van der Waals surface area contributed by atoms with E-state index in [1.807, 2.05) is 17.9 Å². The first-order valence-electron chi connectivity index (χ1n) is 10.4. The highest BCUT2D eigenvalue weighted by Gasteiger charge is 2.28. The molecule has 1 aliphatic rings. The standard InChI is InChI=1S/C22H30N4O5S/c1-16-5-7-19(17(2)13-16)23-32(30,31)18-6-8-20(21(14-18)26(28)29)25-11-9-24(10-12-25)15-22(3,4)27/h5-8,13-14,23,27H,9-12,15H2,1-4H3. The molecular formula is C22H30N4O5S. The van der Waals surface area contributed by atoms with E-state index in [2.05, 4.69) is 9.62 Å². The smallest absolute Gasteiger partial charge is 0.293 e. The van der Waals surface area contributed by atoms with Gasteiger partial charge in [-0.25, -0.2) is 8.42 Å². The lowest BCUT2D eigenvalue weighted by Crippen LogP contribution is -2.50. The number of anilines is 2. The van der Waals surface area contributed by atoms with Crippen molar-refractivity contribution in [2.75, 3.05) is 42.3 Å². The van der Waals surface area contributed by atoms with Crippen molar-refractivity contribution >= 4 is 27.1 Å². The highest BCUT2D eigenvalue weighted by Crippen LogP contribution is 2.32. The molecule has 1 saturated heterocycles. The fraction of sp³-hybridized carbons (Fsp3) is 0.455. The number of aryl methyl sites for hydroxylation is 2. The van der Waals surface area contributed by atoms with Crippen molar-refractivity contribution in [3.05, 3.63) is 57.6 Å². The van der Waals surface area contributed by atoms with Crippen molar-refractivity contribution in [1.29, 1.82) is 0 Å². The van der Waals surface area contributed by atoms with Crippen molar-refractivity contribution in [3.8, 4) is 0 Å². The lowest BCUT2D eigenvalue weighted by Gasteiger charge is -2.38. The zero-order valence-electron chi connectivity index (χ0n) is 18.8. The van der Waals surface area contributed by atoms with Crippen LogP contribution in [0.2, 0.25) is 0 Å². The summed E-state index contributed by atoms with van der Waals surface area (Å²) in [7, 11) is -3.99. The molecule has 10 heteroatoms. The third-order valence-corrected chi connectivity index (χ3v) is 6.77. The zero-order valence-corrected chi connectivity index (χ0v) is 19.6. The first-order chi connectivity index (χ1) is 14.9. The number of nitro groups is 1. The molecular weight excluding hydrogens is 432 g/mol. The number of rotatable bonds is 7. The van der Waals surface area contributed by atoms with Gasteiger partial charge in [0.25, 0.3) is 15.7 Å². The van der Waals surface area contributed by atoms with Crippen molar-refractivity contribution < 1.29 is 18.4 Å². The van der Waals surface area contributed by atoms with Crippen LogP contribution in [0.15, 0.2) is 41.3 Å². The fourth-order valence-electron chi connectivity index (χ4n) is 3.91. The molecule has 9 nitrogen and oxygen atoms in total. The largest absolute Gasteiger partial charge is 0.389 e. The Hall–Kier alpha value is -2.69. The minimum absolute atomic E-state index is 0.159. The number of piperazine rings is 1. The number of aliphatic hydroxyl groups is 1. The number of nitro benzene ring substituents is 1. The summed E-state index contributed by atoms with van der Waals surface area (Å²) in [5, 5.41) is 21.8. The van der Waals surface area contributed by atoms with Gasteiger partial charge in [0.2, 0.25) is 0 Å². The van der Waals surface area contributed by atoms with Gasteiger partial charge in [-0.15, -0.1) is 0 Å². The van der Waals surface area contributed by atoms with Crippen LogP contribution in [0.5, 0.6) is 0 Å². The summed E-state index contributed by atoms with van der Waals surface area (Å²) in [5.41, 5.74) is 1.54. The first-order valence-corrected chi connectivity index (χ1v) is 11.9. The van der Waals surface area contributed by atoms with E-state index < -0.39 is 20.5 Å². The topological polar surface area (TPSA) is 116 Å². The molecule has 0 atom stereocenters. The average Bonchev–Trinajstić information content (AvgIpc) is 2.69. The number of nitrogens with one attached hydrogen (secondary N) is 1. The molecule has 0 aromatic heterocycles. The Labute approximate surface area is 188 Å². The molecule has 1 aliphatic heterocycles. The Morgan fingerprint density at radius 3 is 2.31 bits per heavy atom. The predicted molar refractivity (Wildman–Crippen MR) is 125 cm³/mol. The van der Waals surface area contributed by atoms with Crippen LogP contribution in [0.3, 0.4) is 0 Å². The molecule has 2 aromatic rings. The van der Waals surface area contributed by atoms with E-state index in [0.717, 1.165) is 17.2 Å². The first kappa shape index (κ1) is 24.0. The lowest BCUT2D eigenvalue weighted by molar-refractivity contribution is -0.384. The normalized spacial score (nSPS) is 15.6. The van der Waals surface area contributed by atoms with Gasteiger partial charge in [-0.2, -0.15) is 0 Å². The minimum atomic E-state index is -3.99. The second-order valence-corrected chi connectivity index (χ2v) is 10.6. The Bertz CT molecular complexity index is 1100. The number of benzene rings is 2. The van der Waals surface area contributed by atoms with Gasteiger partial charge in [-0.05, 0) is 51.5 Å². The molecule has 3 rings (SSSR count). The molecule has 2 N–H and O–H groups in total. The Kier molecular flexibility index (Phi) is 6.77. The van der Waals surface area contributed by atoms with Gasteiger partial charge >= 0.3 is 0 Å². The summed E-state index contributed by atoms with van der Waals surface area (Å²) in [4.78, 5) is 15.0. The Balaban J connectivity index is 1.82. The molecule has 1 heterocycles. The second kappa shape index (κ2) is 9.05. The van der Waals surface area contributed by atoms with E-state index in [1.165, 1.54) is 12.1 Å². The van der Waals surface area contributed by atoms with Crippen LogP contribution in [0.1, 0.15) is 25.0 Å². The van der Waals surface area contributed by atoms with Crippen molar-refractivity contribution in [1.82, 2.24) is 4.90 Å². The summed E-state index contributed by atoms with van der Waals surface area (Å²) in [5.74, 6) is 0. The molecule has 0 radical (unpaired) electrons. The molecule has 1 fully saturated rings. The van der Waals surface area contributed by atoms with Gasteiger partial charge in [0.15, 0.2) is 0 Å². The van der Waals surface area contributed by atoms with Gasteiger partial charge in [0, 0.05) is 38.8 Å². The summed E-state index contributed by atoms with van der Waals surface area (Å²) < 4.78 is 28.3. The van der Waals surface area contributed by atoms with Crippen LogP contribution in [0.25, 0.3) is 0 Å². The Morgan fingerprint density at radius 1 is 1.09 bits per heavy atom. The highest BCUT2D eigenvalue weighted by molar-refractivity contribution is 7.92. The quantitative estimate of drug-likeness (QED) is 0.480. The summed E-state index contributed by atoms with van der Waals surface area (Å²) in [6.45, 7) is 10.1. The van der Waals surface area contributed by atoms with Crippen molar-refractivity contribution in [2.24, 2.45) is 0 Å². The number of hydrogen-bond acceptors (Lipinski definition) is 7. The van der Waals surface area contributed by atoms with Crippen LogP contribution in [0.4, 0.5) is 17.1 Å². The number of hydrogen-bond donors (Lipinski definition) is 2.